The van der Waals surface area contributed by atoms with E-state index in [1.54, 1.807) is 22.9 Å². The van der Waals surface area contributed by atoms with Crippen LogP contribution < -0.4 is 11.1 Å². The minimum absolute atomic E-state index is 0.210. The van der Waals surface area contributed by atoms with Gasteiger partial charge in [-0.1, -0.05) is 44.7 Å². The molecule has 3 aromatic rings. The summed E-state index contributed by atoms with van der Waals surface area (Å²) in [6, 6.07) is 11.3. The van der Waals surface area contributed by atoms with E-state index < -0.39 is 0 Å². The lowest BCUT2D eigenvalue weighted by Crippen LogP contribution is -2.12. The summed E-state index contributed by atoms with van der Waals surface area (Å²) < 4.78 is 1.62. The quantitative estimate of drug-likeness (QED) is 0.636. The van der Waals surface area contributed by atoms with E-state index in [4.69, 9.17) is 5.73 Å². The molecule has 0 unspecified atom stereocenters. The molecule has 3 rings (SSSR count). The smallest absolute Gasteiger partial charge is 0.256 e. The van der Waals surface area contributed by atoms with Crippen molar-refractivity contribution in [2.24, 2.45) is 5.73 Å². The van der Waals surface area contributed by atoms with Crippen molar-refractivity contribution >= 4 is 22.9 Å². The zero-order chi connectivity index (χ0) is 20.1. The third-order valence-corrected chi connectivity index (χ3v) is 4.30. The van der Waals surface area contributed by atoms with Gasteiger partial charge in [0.2, 0.25) is 0 Å². The maximum atomic E-state index is 12.5. The summed E-state index contributed by atoms with van der Waals surface area (Å²) in [5.41, 5.74) is 9.34. The number of imidazole rings is 1. The summed E-state index contributed by atoms with van der Waals surface area (Å²) in [7, 11) is 0. The maximum Gasteiger partial charge on any atom is 0.256 e. The van der Waals surface area contributed by atoms with E-state index >= 15 is 0 Å². The lowest BCUT2D eigenvalue weighted by molar-refractivity contribution is 0.102. The summed E-state index contributed by atoms with van der Waals surface area (Å²) in [5, 5.41) is 7.34. The summed E-state index contributed by atoms with van der Waals surface area (Å²) in [5.74, 6) is 0.651. The number of aromatic nitrogens is 3. The Morgan fingerprint density at radius 2 is 1.96 bits per heavy atom. The second-order valence-electron chi connectivity index (χ2n) is 6.59. The van der Waals surface area contributed by atoms with Crippen molar-refractivity contribution in [1.29, 1.82) is 0 Å². The molecule has 2 aromatic heterocycles. The number of amides is 1. The van der Waals surface area contributed by atoms with Gasteiger partial charge in [0.05, 0.1) is 11.9 Å². The minimum atomic E-state index is -0.210. The van der Waals surface area contributed by atoms with Gasteiger partial charge in [0, 0.05) is 11.1 Å². The number of allylic oxidation sites excluding steroid dienone is 4. The maximum absolute atomic E-state index is 12.5. The first-order chi connectivity index (χ1) is 13.5. The van der Waals surface area contributed by atoms with Gasteiger partial charge in [0.25, 0.3) is 5.91 Å². The average molecular weight is 373 g/mol. The molecule has 0 saturated carbocycles. The minimum Gasteiger partial charge on any atom is -0.405 e. The van der Waals surface area contributed by atoms with Crippen molar-refractivity contribution in [3.8, 4) is 0 Å². The SMILES string of the molecule is C=C/C(=C\C=C/N)c1ccc2nc(NC(=O)c3ccc(C(C)C)cc3)cn2n1. The van der Waals surface area contributed by atoms with Gasteiger partial charge in [0.15, 0.2) is 11.5 Å². The van der Waals surface area contributed by atoms with Crippen LogP contribution in [0.1, 0.15) is 41.4 Å². The van der Waals surface area contributed by atoms with Crippen LogP contribution in [0.5, 0.6) is 0 Å². The third kappa shape index (κ3) is 4.17. The number of fused-ring (bicyclic) bond motifs is 1. The van der Waals surface area contributed by atoms with Gasteiger partial charge in [-0.05, 0) is 48.0 Å². The van der Waals surface area contributed by atoms with Gasteiger partial charge in [-0.3, -0.25) is 4.79 Å². The van der Waals surface area contributed by atoms with Crippen LogP contribution in [0.25, 0.3) is 11.2 Å². The molecule has 0 saturated heterocycles. The molecule has 142 valence electrons. The number of benzene rings is 1. The van der Waals surface area contributed by atoms with E-state index in [2.05, 4.69) is 35.8 Å². The molecule has 28 heavy (non-hydrogen) atoms. The fourth-order valence-corrected chi connectivity index (χ4v) is 2.72. The van der Waals surface area contributed by atoms with Crippen LogP contribution in [-0.4, -0.2) is 20.5 Å². The first kappa shape index (κ1) is 19.1. The average Bonchev–Trinajstić information content (AvgIpc) is 3.10. The summed E-state index contributed by atoms with van der Waals surface area (Å²) in [4.78, 5) is 16.9. The molecule has 6 heteroatoms. The Hall–Kier alpha value is -3.67. The standard InChI is InChI=1S/C22H23N5O/c1-4-16(6-5-13-23)19-11-12-21-24-20(14-27(21)26-19)25-22(28)18-9-7-17(8-10-18)15(2)3/h4-15H,1,23H2,2-3H3,(H,25,28)/b13-5-,16-6+. The molecule has 1 amide bonds. The number of hydrogen-bond acceptors (Lipinski definition) is 4. The van der Waals surface area contributed by atoms with Crippen molar-refractivity contribution in [3.05, 3.63) is 90.4 Å². The van der Waals surface area contributed by atoms with Crippen LogP contribution >= 0.6 is 0 Å². The first-order valence-corrected chi connectivity index (χ1v) is 9.01. The molecule has 0 bridgehead atoms. The van der Waals surface area contributed by atoms with Crippen molar-refractivity contribution in [1.82, 2.24) is 14.6 Å². The Bertz CT molecular complexity index is 1060. The fourth-order valence-electron chi connectivity index (χ4n) is 2.72. The Balaban J connectivity index is 1.82. The largest absolute Gasteiger partial charge is 0.405 e. The molecule has 0 atom stereocenters. The lowest BCUT2D eigenvalue weighted by Gasteiger charge is -2.06. The Morgan fingerprint density at radius 3 is 2.61 bits per heavy atom. The Labute approximate surface area is 164 Å². The number of nitrogens with zero attached hydrogens (tertiary/aromatic N) is 3. The highest BCUT2D eigenvalue weighted by Crippen LogP contribution is 2.17. The van der Waals surface area contributed by atoms with Crippen LogP contribution in [0.15, 0.2) is 73.6 Å². The van der Waals surface area contributed by atoms with Gasteiger partial charge in [-0.2, -0.15) is 5.10 Å². The van der Waals surface area contributed by atoms with E-state index in [-0.39, 0.29) is 5.91 Å². The number of anilines is 1. The lowest BCUT2D eigenvalue weighted by atomic mass is 10.0. The zero-order valence-electron chi connectivity index (χ0n) is 16.0. The van der Waals surface area contributed by atoms with E-state index in [9.17, 15) is 4.79 Å². The monoisotopic (exact) mass is 373 g/mol. The van der Waals surface area contributed by atoms with Crippen LogP contribution in [-0.2, 0) is 0 Å². The van der Waals surface area contributed by atoms with E-state index in [1.807, 2.05) is 42.5 Å². The van der Waals surface area contributed by atoms with Gasteiger partial charge < -0.3 is 11.1 Å². The molecule has 0 fully saturated rings. The molecular formula is C22H23N5O. The molecule has 3 N–H and O–H groups in total. The zero-order valence-corrected chi connectivity index (χ0v) is 16.0. The first-order valence-electron chi connectivity index (χ1n) is 9.01. The van der Waals surface area contributed by atoms with Crippen molar-refractivity contribution in [2.45, 2.75) is 19.8 Å². The molecule has 1 aromatic carbocycles. The summed E-state index contributed by atoms with van der Waals surface area (Å²) in [6.07, 6.45) is 8.36. The van der Waals surface area contributed by atoms with Gasteiger partial charge in [-0.15, -0.1) is 0 Å². The van der Waals surface area contributed by atoms with Gasteiger partial charge >= 0.3 is 0 Å². The summed E-state index contributed by atoms with van der Waals surface area (Å²) >= 11 is 0. The number of nitrogens with one attached hydrogen (secondary N) is 1. The summed E-state index contributed by atoms with van der Waals surface area (Å²) in [6.45, 7) is 8.04. The molecule has 0 radical (unpaired) electrons. The van der Waals surface area contributed by atoms with Crippen LogP contribution in [0, 0.1) is 0 Å². The Morgan fingerprint density at radius 1 is 1.21 bits per heavy atom. The van der Waals surface area contributed by atoms with Gasteiger partial charge in [0.1, 0.15) is 0 Å². The second-order valence-corrected chi connectivity index (χ2v) is 6.59. The number of rotatable bonds is 6. The predicted octanol–water partition coefficient (Wildman–Crippen LogP) is 4.15. The van der Waals surface area contributed by atoms with E-state index in [0.29, 0.717) is 22.9 Å². The van der Waals surface area contributed by atoms with Crippen LogP contribution in [0.3, 0.4) is 0 Å². The van der Waals surface area contributed by atoms with Gasteiger partial charge in [-0.25, -0.2) is 9.50 Å². The molecule has 6 nitrogen and oxygen atoms in total. The number of nitrogens with two attached hydrogens (primary N) is 1. The molecule has 2 heterocycles. The molecule has 0 spiro atoms. The number of carbonyl (C=O) groups excluding carboxylic acids is 1. The molecular weight excluding hydrogens is 350 g/mol. The second kappa shape index (κ2) is 8.35. The number of hydrogen-bond donors (Lipinski definition) is 2. The Kier molecular flexibility index (Phi) is 5.69. The highest BCUT2D eigenvalue weighted by Gasteiger charge is 2.11. The van der Waals surface area contributed by atoms with E-state index in [1.165, 1.54) is 11.8 Å². The highest BCUT2D eigenvalue weighted by molar-refractivity contribution is 6.03. The molecule has 0 aliphatic heterocycles. The van der Waals surface area contributed by atoms with Crippen molar-refractivity contribution < 1.29 is 4.79 Å². The van der Waals surface area contributed by atoms with Crippen LogP contribution in [0.2, 0.25) is 0 Å². The fraction of sp³-hybridized carbons (Fsp3) is 0.136. The highest BCUT2D eigenvalue weighted by atomic mass is 16.1. The van der Waals surface area contributed by atoms with Crippen molar-refractivity contribution in [3.63, 3.8) is 0 Å². The number of carbonyl (C=O) groups is 1. The van der Waals surface area contributed by atoms with Crippen LogP contribution in [0.4, 0.5) is 5.82 Å². The van der Waals surface area contributed by atoms with E-state index in [0.717, 1.165) is 11.3 Å². The van der Waals surface area contributed by atoms with Crippen molar-refractivity contribution in [2.75, 3.05) is 5.32 Å². The molecule has 0 aliphatic carbocycles. The molecule has 0 aliphatic rings. The normalized spacial score (nSPS) is 12.0. The topological polar surface area (TPSA) is 85.3 Å². The third-order valence-electron chi connectivity index (χ3n) is 4.30. The predicted molar refractivity (Wildman–Crippen MR) is 113 cm³/mol.